The largest absolute Gasteiger partial charge is 0.492 e. The summed E-state index contributed by atoms with van der Waals surface area (Å²) in [6.45, 7) is 12.6. The van der Waals surface area contributed by atoms with Gasteiger partial charge in [-0.05, 0) is 62.7 Å². The van der Waals surface area contributed by atoms with Crippen LogP contribution in [0.25, 0.3) is 0 Å². The third kappa shape index (κ3) is 7.80. The lowest BCUT2D eigenvalue weighted by atomic mass is 10.1. The molecule has 1 aromatic carbocycles. The maximum Gasteiger partial charge on any atom is 0.410 e. The molecule has 3 aliphatic rings. The van der Waals surface area contributed by atoms with E-state index in [1.165, 1.54) is 0 Å². The number of pyridine rings is 2. The zero-order chi connectivity index (χ0) is 33.0. The Morgan fingerprint density at radius 1 is 1.00 bits per heavy atom. The van der Waals surface area contributed by atoms with Crippen LogP contribution in [0.4, 0.5) is 22.0 Å². The molecule has 0 saturated carbocycles. The number of carbonyl (C=O) groups excluding carboxylic acids is 3. The molecule has 3 aromatic rings. The molecular formula is C34H41N7O6. The molecule has 2 fully saturated rings. The molecule has 3 aliphatic heterocycles. The molecule has 1 N–H and O–H groups in total. The fraction of sp³-hybridized carbons (Fsp3) is 0.441. The van der Waals surface area contributed by atoms with Crippen molar-refractivity contribution in [3.8, 4) is 5.75 Å². The van der Waals surface area contributed by atoms with Crippen molar-refractivity contribution in [2.75, 3.05) is 80.8 Å². The monoisotopic (exact) mass is 643 g/mol. The maximum atomic E-state index is 13.4. The van der Waals surface area contributed by atoms with E-state index in [2.05, 4.69) is 25.1 Å². The van der Waals surface area contributed by atoms with Gasteiger partial charge in [0.05, 0.1) is 37.3 Å². The van der Waals surface area contributed by atoms with Gasteiger partial charge < -0.3 is 29.3 Å². The average Bonchev–Trinajstić information content (AvgIpc) is 3.40. The van der Waals surface area contributed by atoms with Crippen LogP contribution in [0.5, 0.6) is 5.75 Å². The minimum atomic E-state index is -0.560. The van der Waals surface area contributed by atoms with Crippen LogP contribution in [0.15, 0.2) is 54.9 Å². The van der Waals surface area contributed by atoms with Crippen molar-refractivity contribution in [3.05, 3.63) is 71.7 Å². The van der Waals surface area contributed by atoms with E-state index in [0.29, 0.717) is 62.1 Å². The van der Waals surface area contributed by atoms with Gasteiger partial charge in [0.25, 0.3) is 11.8 Å². The number of ether oxygens (including phenoxy) is 3. The lowest BCUT2D eigenvalue weighted by Crippen LogP contribution is -2.50. The second kappa shape index (κ2) is 13.9. The second-order valence-electron chi connectivity index (χ2n) is 12.7. The highest BCUT2D eigenvalue weighted by atomic mass is 16.6. The van der Waals surface area contributed by atoms with Gasteiger partial charge >= 0.3 is 6.09 Å². The van der Waals surface area contributed by atoms with Crippen molar-refractivity contribution in [2.45, 2.75) is 32.9 Å². The number of fused-ring (bicyclic) bond motifs is 1. The zero-order valence-corrected chi connectivity index (χ0v) is 27.1. The van der Waals surface area contributed by atoms with Gasteiger partial charge in [-0.1, -0.05) is 6.07 Å². The van der Waals surface area contributed by atoms with E-state index >= 15 is 0 Å². The lowest BCUT2D eigenvalue weighted by Gasteiger charge is -2.37. The van der Waals surface area contributed by atoms with Crippen LogP contribution in [-0.4, -0.2) is 109 Å². The number of hydrogen-bond acceptors (Lipinski definition) is 10. The Kier molecular flexibility index (Phi) is 9.55. The summed E-state index contributed by atoms with van der Waals surface area (Å²) in [6.07, 6.45) is 2.93. The molecule has 248 valence electrons. The van der Waals surface area contributed by atoms with Crippen LogP contribution in [0.2, 0.25) is 0 Å². The molecule has 0 bridgehead atoms. The van der Waals surface area contributed by atoms with E-state index in [1.807, 2.05) is 39.0 Å². The zero-order valence-electron chi connectivity index (χ0n) is 27.1. The molecule has 13 nitrogen and oxygen atoms in total. The number of benzene rings is 1. The van der Waals surface area contributed by atoms with E-state index < -0.39 is 11.5 Å². The van der Waals surface area contributed by atoms with E-state index in [4.69, 9.17) is 14.2 Å². The van der Waals surface area contributed by atoms with Crippen LogP contribution >= 0.6 is 0 Å². The van der Waals surface area contributed by atoms with Crippen LogP contribution in [-0.2, 0) is 16.0 Å². The minimum absolute atomic E-state index is 0.169. The molecule has 0 atom stereocenters. The predicted molar refractivity (Wildman–Crippen MR) is 176 cm³/mol. The van der Waals surface area contributed by atoms with Gasteiger partial charge in [0.15, 0.2) is 0 Å². The second-order valence-corrected chi connectivity index (χ2v) is 12.7. The van der Waals surface area contributed by atoms with Crippen molar-refractivity contribution in [1.82, 2.24) is 19.8 Å². The third-order valence-corrected chi connectivity index (χ3v) is 8.22. The van der Waals surface area contributed by atoms with Gasteiger partial charge in [0.2, 0.25) is 0 Å². The molecule has 47 heavy (non-hydrogen) atoms. The van der Waals surface area contributed by atoms with Gasteiger partial charge in [0.1, 0.15) is 29.5 Å². The molecular weight excluding hydrogens is 602 g/mol. The third-order valence-electron chi connectivity index (χ3n) is 8.22. The molecule has 2 aromatic heterocycles. The quantitative estimate of drug-likeness (QED) is 0.388. The number of morpholine rings is 1. The molecule has 0 radical (unpaired) electrons. The average molecular weight is 644 g/mol. The van der Waals surface area contributed by atoms with Crippen molar-refractivity contribution >= 4 is 35.1 Å². The molecule has 3 amide bonds. The minimum Gasteiger partial charge on any atom is -0.492 e. The summed E-state index contributed by atoms with van der Waals surface area (Å²) >= 11 is 0. The molecule has 6 rings (SSSR count). The first-order valence-electron chi connectivity index (χ1n) is 16.0. The van der Waals surface area contributed by atoms with Gasteiger partial charge in [-0.25, -0.2) is 9.78 Å². The van der Waals surface area contributed by atoms with E-state index in [0.717, 1.165) is 44.1 Å². The fourth-order valence-corrected chi connectivity index (χ4v) is 5.79. The number of nitrogens with one attached hydrogen (secondary N) is 1. The maximum absolute atomic E-state index is 13.4. The number of hydrogen-bond donors (Lipinski definition) is 1. The number of carbonyl (C=O) groups is 3. The molecule has 0 unspecified atom stereocenters. The van der Waals surface area contributed by atoms with Crippen molar-refractivity contribution in [3.63, 3.8) is 0 Å². The molecule has 0 spiro atoms. The van der Waals surface area contributed by atoms with Crippen molar-refractivity contribution < 1.29 is 28.6 Å². The van der Waals surface area contributed by atoms with Gasteiger partial charge in [-0.3, -0.25) is 24.4 Å². The predicted octanol–water partition coefficient (Wildman–Crippen LogP) is 3.66. The Balaban J connectivity index is 1.08. The summed E-state index contributed by atoms with van der Waals surface area (Å²) in [4.78, 5) is 55.7. The number of piperazine rings is 1. The van der Waals surface area contributed by atoms with Crippen LogP contribution < -0.4 is 19.9 Å². The highest BCUT2D eigenvalue weighted by Crippen LogP contribution is 2.31. The number of aromatic nitrogens is 2. The Morgan fingerprint density at radius 2 is 1.79 bits per heavy atom. The molecule has 13 heteroatoms. The summed E-state index contributed by atoms with van der Waals surface area (Å²) in [5.41, 5.74) is 2.37. The highest BCUT2D eigenvalue weighted by Gasteiger charge is 2.31. The van der Waals surface area contributed by atoms with Gasteiger partial charge in [0, 0.05) is 57.6 Å². The molecule has 2 saturated heterocycles. The number of rotatable bonds is 8. The number of nitrogens with zero attached hydrogens (tertiary/aromatic N) is 6. The Hall–Kier alpha value is -4.75. The Labute approximate surface area is 274 Å². The number of anilines is 3. The van der Waals surface area contributed by atoms with Crippen LogP contribution in [0, 0.1) is 0 Å². The van der Waals surface area contributed by atoms with E-state index in [-0.39, 0.29) is 17.7 Å². The lowest BCUT2D eigenvalue weighted by molar-refractivity contribution is 0.0240. The summed E-state index contributed by atoms with van der Waals surface area (Å²) in [6, 6.07) is 12.4. The summed E-state index contributed by atoms with van der Waals surface area (Å²) in [5, 5.41) is 2.94. The first kappa shape index (κ1) is 32.2. The topological polar surface area (TPSA) is 130 Å². The van der Waals surface area contributed by atoms with Gasteiger partial charge in [-0.2, -0.15) is 0 Å². The van der Waals surface area contributed by atoms with Gasteiger partial charge in [-0.15, -0.1) is 0 Å². The van der Waals surface area contributed by atoms with Crippen molar-refractivity contribution in [1.29, 1.82) is 0 Å². The van der Waals surface area contributed by atoms with Crippen molar-refractivity contribution in [2.24, 2.45) is 0 Å². The number of amides is 3. The summed E-state index contributed by atoms with van der Waals surface area (Å²) in [5.74, 6) is 0.503. The molecule has 0 aliphatic carbocycles. The van der Waals surface area contributed by atoms with Crippen LogP contribution in [0.3, 0.4) is 0 Å². The standard InChI is InChI=1S/C34H41N7O6/c1-34(2,3)47-33(44)40-13-11-39(12-14-40)29-9-10-35-22-28(29)37-31(42)27-5-4-6-30(36-27)41-23-24-21-25(7-8-26(24)32(41)43)46-20-17-38-15-18-45-19-16-38/h4-10,21-22H,11-20,23H2,1-3H3,(H,37,42). The van der Waals surface area contributed by atoms with E-state index in [9.17, 15) is 14.4 Å². The first-order chi connectivity index (χ1) is 22.6. The smallest absolute Gasteiger partial charge is 0.410 e. The summed E-state index contributed by atoms with van der Waals surface area (Å²) < 4.78 is 16.9. The normalized spacial score (nSPS) is 17.0. The van der Waals surface area contributed by atoms with E-state index in [1.54, 1.807) is 46.5 Å². The fourth-order valence-electron chi connectivity index (χ4n) is 5.79. The molecule has 5 heterocycles. The highest BCUT2D eigenvalue weighted by molar-refractivity contribution is 6.10. The SMILES string of the molecule is CC(C)(C)OC(=O)N1CCN(c2ccncc2NC(=O)c2cccc(N3Cc4cc(OCCN5CCOCC5)ccc4C3=O)n2)CC1. The Morgan fingerprint density at radius 3 is 2.55 bits per heavy atom. The van der Waals surface area contributed by atoms with Crippen LogP contribution in [0.1, 0.15) is 47.2 Å². The Bertz CT molecular complexity index is 1610. The summed E-state index contributed by atoms with van der Waals surface area (Å²) in [7, 11) is 0. The first-order valence-corrected chi connectivity index (χ1v) is 16.0.